The highest BCUT2D eigenvalue weighted by molar-refractivity contribution is 6.27. The monoisotopic (exact) mass is 238 g/mol. The first kappa shape index (κ1) is 11.0. The van der Waals surface area contributed by atoms with Crippen LogP contribution in [0.3, 0.4) is 0 Å². The molecule has 0 aliphatic heterocycles. The van der Waals surface area contributed by atoms with Crippen LogP contribution in [0.4, 0.5) is 0 Å². The molecule has 0 atom stereocenters. The van der Waals surface area contributed by atoms with Crippen molar-refractivity contribution in [2.45, 2.75) is 6.42 Å². The summed E-state index contributed by atoms with van der Waals surface area (Å²) < 4.78 is 5.49. The summed E-state index contributed by atoms with van der Waals surface area (Å²) in [6.07, 6.45) is 0.567. The molecular formula is C11H11ClN2O2. The molecular weight excluding hydrogens is 228 g/mol. The highest BCUT2D eigenvalue weighted by atomic mass is 35.5. The van der Waals surface area contributed by atoms with Gasteiger partial charge in [0.05, 0.1) is 0 Å². The predicted octanol–water partition coefficient (Wildman–Crippen LogP) is 1.73. The zero-order chi connectivity index (χ0) is 11.4. The average Bonchev–Trinajstić information content (AvgIpc) is 2.71. The van der Waals surface area contributed by atoms with Gasteiger partial charge in [-0.1, -0.05) is 12.1 Å². The lowest BCUT2D eigenvalue weighted by Crippen LogP contribution is -2.26. The predicted molar refractivity (Wildman–Crippen MR) is 61.4 cm³/mol. The number of hydrogen-bond acceptors (Lipinski definition) is 3. The van der Waals surface area contributed by atoms with Crippen LogP contribution in [0, 0.1) is 0 Å². The first-order chi connectivity index (χ1) is 7.79. The molecule has 4 nitrogen and oxygen atoms in total. The van der Waals surface area contributed by atoms with Crippen LogP contribution in [0.25, 0.3) is 11.1 Å². The topological polar surface area (TPSA) is 55.1 Å². The minimum Gasteiger partial charge on any atom is -0.441 e. The quantitative estimate of drug-likeness (QED) is 0.826. The largest absolute Gasteiger partial charge is 0.441 e. The third-order valence-electron chi connectivity index (χ3n) is 2.12. The van der Waals surface area contributed by atoms with Gasteiger partial charge in [-0.25, -0.2) is 4.98 Å². The third-order valence-corrected chi connectivity index (χ3v) is 2.36. The molecule has 16 heavy (non-hydrogen) atoms. The summed E-state index contributed by atoms with van der Waals surface area (Å²) in [4.78, 5) is 15.2. The maximum atomic E-state index is 10.9. The van der Waals surface area contributed by atoms with Gasteiger partial charge in [0.2, 0.25) is 5.91 Å². The van der Waals surface area contributed by atoms with E-state index >= 15 is 0 Å². The molecule has 1 amide bonds. The second kappa shape index (κ2) is 4.99. The Balaban J connectivity index is 1.97. The molecule has 5 heteroatoms. The Morgan fingerprint density at radius 1 is 1.44 bits per heavy atom. The van der Waals surface area contributed by atoms with E-state index in [-0.39, 0.29) is 11.8 Å². The van der Waals surface area contributed by atoms with E-state index in [4.69, 9.17) is 16.0 Å². The molecule has 0 saturated heterocycles. The Kier molecular flexibility index (Phi) is 3.41. The molecule has 0 bridgehead atoms. The summed E-state index contributed by atoms with van der Waals surface area (Å²) in [7, 11) is 0. The van der Waals surface area contributed by atoms with Crippen molar-refractivity contribution in [2.75, 3.05) is 12.4 Å². The molecule has 0 aliphatic carbocycles. The maximum absolute atomic E-state index is 10.9. The number of aromatic nitrogens is 1. The molecule has 2 aromatic rings. The van der Waals surface area contributed by atoms with E-state index in [0.29, 0.717) is 18.9 Å². The van der Waals surface area contributed by atoms with Gasteiger partial charge in [-0.3, -0.25) is 4.79 Å². The molecule has 0 aliphatic rings. The van der Waals surface area contributed by atoms with Crippen LogP contribution >= 0.6 is 11.6 Å². The number of carbonyl (C=O) groups is 1. The maximum Gasteiger partial charge on any atom is 0.234 e. The first-order valence-corrected chi connectivity index (χ1v) is 5.50. The number of oxazole rings is 1. The number of halogens is 1. The van der Waals surface area contributed by atoms with E-state index in [1.807, 2.05) is 24.3 Å². The standard InChI is InChI=1S/C11H11ClN2O2/c12-7-10(15)13-6-5-11-14-8-3-1-2-4-9(8)16-11/h1-4H,5-7H2,(H,13,15). The van der Waals surface area contributed by atoms with E-state index in [2.05, 4.69) is 10.3 Å². The molecule has 1 N–H and O–H groups in total. The van der Waals surface area contributed by atoms with Gasteiger partial charge in [0.25, 0.3) is 0 Å². The molecule has 0 radical (unpaired) electrons. The van der Waals surface area contributed by atoms with Crippen LogP contribution in [-0.4, -0.2) is 23.3 Å². The van der Waals surface area contributed by atoms with Crippen molar-refractivity contribution in [3.05, 3.63) is 30.2 Å². The summed E-state index contributed by atoms with van der Waals surface area (Å²) in [5, 5.41) is 2.65. The molecule has 1 aromatic carbocycles. The number of nitrogens with zero attached hydrogens (tertiary/aromatic N) is 1. The Bertz CT molecular complexity index is 462. The molecule has 1 heterocycles. The summed E-state index contributed by atoms with van der Waals surface area (Å²) in [5.74, 6) is 0.418. The zero-order valence-corrected chi connectivity index (χ0v) is 9.33. The fraction of sp³-hybridized carbons (Fsp3) is 0.273. The van der Waals surface area contributed by atoms with Crippen molar-refractivity contribution < 1.29 is 9.21 Å². The summed E-state index contributed by atoms with van der Waals surface area (Å²) in [6, 6.07) is 7.55. The third kappa shape index (κ3) is 2.52. The van der Waals surface area contributed by atoms with Crippen molar-refractivity contribution in [2.24, 2.45) is 0 Å². The molecule has 2 rings (SSSR count). The van der Waals surface area contributed by atoms with Gasteiger partial charge in [0.1, 0.15) is 11.4 Å². The van der Waals surface area contributed by atoms with Crippen LogP contribution in [0.1, 0.15) is 5.89 Å². The van der Waals surface area contributed by atoms with E-state index in [0.717, 1.165) is 11.1 Å². The number of alkyl halides is 1. The smallest absolute Gasteiger partial charge is 0.234 e. The lowest BCUT2D eigenvalue weighted by Gasteiger charge is -1.98. The zero-order valence-electron chi connectivity index (χ0n) is 8.57. The molecule has 0 unspecified atom stereocenters. The Morgan fingerprint density at radius 2 is 2.25 bits per heavy atom. The van der Waals surface area contributed by atoms with Crippen molar-refractivity contribution in [3.63, 3.8) is 0 Å². The van der Waals surface area contributed by atoms with Gasteiger partial charge < -0.3 is 9.73 Å². The number of carbonyl (C=O) groups excluding carboxylic acids is 1. The van der Waals surface area contributed by atoms with Gasteiger partial charge >= 0.3 is 0 Å². The summed E-state index contributed by atoms with van der Waals surface area (Å²) >= 11 is 5.35. The van der Waals surface area contributed by atoms with Gasteiger partial charge in [-0.05, 0) is 12.1 Å². The number of para-hydroxylation sites is 2. The lowest BCUT2D eigenvalue weighted by molar-refractivity contribution is -0.118. The minimum atomic E-state index is -0.183. The molecule has 84 valence electrons. The van der Waals surface area contributed by atoms with Crippen LogP contribution in [0.15, 0.2) is 28.7 Å². The van der Waals surface area contributed by atoms with Crippen molar-refractivity contribution in [1.29, 1.82) is 0 Å². The van der Waals surface area contributed by atoms with Gasteiger partial charge in [-0.2, -0.15) is 0 Å². The van der Waals surface area contributed by atoms with Crippen molar-refractivity contribution in [3.8, 4) is 0 Å². The molecule has 0 saturated carbocycles. The van der Waals surface area contributed by atoms with Crippen LogP contribution in [-0.2, 0) is 11.2 Å². The number of benzene rings is 1. The normalized spacial score (nSPS) is 10.6. The van der Waals surface area contributed by atoms with Gasteiger partial charge in [-0.15, -0.1) is 11.6 Å². The Hall–Kier alpha value is -1.55. The van der Waals surface area contributed by atoms with Crippen LogP contribution in [0.2, 0.25) is 0 Å². The second-order valence-electron chi connectivity index (χ2n) is 3.31. The lowest BCUT2D eigenvalue weighted by atomic mass is 10.3. The SMILES string of the molecule is O=C(CCl)NCCc1nc2ccccc2o1. The fourth-order valence-electron chi connectivity index (χ4n) is 1.38. The number of rotatable bonds is 4. The second-order valence-corrected chi connectivity index (χ2v) is 3.58. The summed E-state index contributed by atoms with van der Waals surface area (Å²) in [5.41, 5.74) is 1.60. The van der Waals surface area contributed by atoms with E-state index in [1.165, 1.54) is 0 Å². The van der Waals surface area contributed by atoms with Crippen LogP contribution in [0.5, 0.6) is 0 Å². The first-order valence-electron chi connectivity index (χ1n) is 4.96. The van der Waals surface area contributed by atoms with Crippen molar-refractivity contribution in [1.82, 2.24) is 10.3 Å². The number of fused-ring (bicyclic) bond motifs is 1. The van der Waals surface area contributed by atoms with Crippen molar-refractivity contribution >= 4 is 28.6 Å². The molecule has 0 spiro atoms. The molecule has 1 aromatic heterocycles. The Labute approximate surface area is 97.6 Å². The molecule has 0 fully saturated rings. The average molecular weight is 239 g/mol. The highest BCUT2D eigenvalue weighted by Gasteiger charge is 2.05. The van der Waals surface area contributed by atoms with Gasteiger partial charge in [0.15, 0.2) is 11.5 Å². The Morgan fingerprint density at radius 3 is 3.00 bits per heavy atom. The minimum absolute atomic E-state index is 0.0203. The number of amides is 1. The summed E-state index contributed by atoms with van der Waals surface area (Å²) in [6.45, 7) is 0.484. The van der Waals surface area contributed by atoms with E-state index in [9.17, 15) is 4.79 Å². The van der Waals surface area contributed by atoms with Crippen LogP contribution < -0.4 is 5.32 Å². The van der Waals surface area contributed by atoms with Gasteiger partial charge in [0, 0.05) is 13.0 Å². The highest BCUT2D eigenvalue weighted by Crippen LogP contribution is 2.14. The number of hydrogen-bond donors (Lipinski definition) is 1. The number of nitrogens with one attached hydrogen (secondary N) is 1. The van der Waals surface area contributed by atoms with E-state index < -0.39 is 0 Å². The fourth-order valence-corrected chi connectivity index (χ4v) is 1.48. The van der Waals surface area contributed by atoms with E-state index in [1.54, 1.807) is 0 Å².